The van der Waals surface area contributed by atoms with Gasteiger partial charge in [0.25, 0.3) is 0 Å². The number of hydrogen-bond donors (Lipinski definition) is 4. The summed E-state index contributed by atoms with van der Waals surface area (Å²) in [6.07, 6.45) is 0. The number of nitrogens with one attached hydrogen (secondary N) is 4. The van der Waals surface area contributed by atoms with E-state index in [4.69, 9.17) is 0 Å². The van der Waals surface area contributed by atoms with Gasteiger partial charge in [0.2, 0.25) is 0 Å². The molecule has 2 fully saturated rings. The Labute approximate surface area is 246 Å². The molecule has 212 valence electrons. The van der Waals surface area contributed by atoms with Gasteiger partial charge in [-0.15, -0.1) is 20.3 Å². The standard InChI is InChI=1S/C36H44N4P/c1-33(2,3)31-35(27-19-11-7-12-20-27,28-21-13-8-14-22-28)39-41(37-31)38-32(34(4,5)6)36(40-41,29-23-15-9-16-24-29)30-25-17-10-18-26-30/h7-26,31-32,37-40H,1-6H3/q+1/t31-,32+,41?. The van der Waals surface area contributed by atoms with Crippen molar-refractivity contribution in [1.29, 1.82) is 0 Å². The van der Waals surface area contributed by atoms with Crippen LogP contribution >= 0.6 is 7.87 Å². The van der Waals surface area contributed by atoms with Crippen molar-refractivity contribution in [3.05, 3.63) is 144 Å². The van der Waals surface area contributed by atoms with Crippen molar-refractivity contribution in [3.8, 4) is 0 Å². The summed E-state index contributed by atoms with van der Waals surface area (Å²) in [4.78, 5) is 0. The highest BCUT2D eigenvalue weighted by Crippen LogP contribution is 2.66. The number of benzene rings is 4. The van der Waals surface area contributed by atoms with E-state index >= 15 is 0 Å². The molecule has 2 aliphatic heterocycles. The molecule has 0 amide bonds. The predicted molar refractivity (Wildman–Crippen MR) is 173 cm³/mol. The van der Waals surface area contributed by atoms with Crippen LogP contribution in [0, 0.1) is 10.8 Å². The smallest absolute Gasteiger partial charge is 0.140 e. The van der Waals surface area contributed by atoms with Gasteiger partial charge >= 0.3 is 7.87 Å². The Bertz CT molecular complexity index is 1270. The quantitative estimate of drug-likeness (QED) is 0.192. The third kappa shape index (κ3) is 4.67. The zero-order valence-corrected chi connectivity index (χ0v) is 26.0. The molecule has 4 aromatic carbocycles. The van der Waals surface area contributed by atoms with Crippen LogP contribution in [0.15, 0.2) is 121 Å². The zero-order chi connectivity index (χ0) is 28.9. The van der Waals surface area contributed by atoms with Crippen LogP contribution in [0.5, 0.6) is 0 Å². The number of hydrogen-bond acceptors (Lipinski definition) is 4. The molecule has 4 N–H and O–H groups in total. The van der Waals surface area contributed by atoms with E-state index in [1.165, 1.54) is 22.3 Å². The molecule has 1 unspecified atom stereocenters. The maximum Gasteiger partial charge on any atom is 0.301 e. The Balaban J connectivity index is 1.61. The van der Waals surface area contributed by atoms with Crippen LogP contribution in [0.2, 0.25) is 0 Å². The second-order valence-corrected chi connectivity index (χ2v) is 16.1. The van der Waals surface area contributed by atoms with Crippen molar-refractivity contribution in [2.75, 3.05) is 0 Å². The SMILES string of the molecule is CC(C)(C)[C@H]1N[P+]2(N[C@@H](C(C)(C)C)C(c3ccccc3)(c3ccccc3)N2)NC1(c1ccccc1)c1ccccc1. The van der Waals surface area contributed by atoms with Crippen molar-refractivity contribution in [2.24, 2.45) is 10.8 Å². The van der Waals surface area contributed by atoms with E-state index in [1.807, 2.05) is 0 Å². The Morgan fingerprint density at radius 3 is 0.902 bits per heavy atom. The monoisotopic (exact) mass is 563 g/mol. The zero-order valence-electron chi connectivity index (χ0n) is 25.1. The second-order valence-electron chi connectivity index (χ2n) is 13.8. The average molecular weight is 564 g/mol. The van der Waals surface area contributed by atoms with Crippen molar-refractivity contribution in [3.63, 3.8) is 0 Å². The van der Waals surface area contributed by atoms with Crippen LogP contribution in [0.4, 0.5) is 0 Å². The minimum Gasteiger partial charge on any atom is -0.140 e. The van der Waals surface area contributed by atoms with Gasteiger partial charge in [-0.1, -0.05) is 163 Å². The molecule has 4 nitrogen and oxygen atoms in total. The van der Waals surface area contributed by atoms with E-state index in [0.717, 1.165) is 0 Å². The number of rotatable bonds is 4. The molecule has 4 aromatic rings. The summed E-state index contributed by atoms with van der Waals surface area (Å²) in [5, 5.41) is 17.2. The average Bonchev–Trinajstić information content (AvgIpc) is 3.52. The van der Waals surface area contributed by atoms with Crippen LogP contribution < -0.4 is 20.3 Å². The summed E-state index contributed by atoms with van der Waals surface area (Å²) in [6, 6.07) is 44.2. The molecule has 0 saturated carbocycles. The molecule has 1 spiro atoms. The Morgan fingerprint density at radius 1 is 0.439 bits per heavy atom. The van der Waals surface area contributed by atoms with E-state index in [2.05, 4.69) is 183 Å². The maximum atomic E-state index is 4.34. The van der Waals surface area contributed by atoms with Crippen molar-refractivity contribution in [2.45, 2.75) is 64.7 Å². The first-order chi connectivity index (χ1) is 19.5. The first-order valence-electron chi connectivity index (χ1n) is 14.8. The summed E-state index contributed by atoms with van der Waals surface area (Å²) in [5.74, 6) is 0. The molecule has 0 aromatic heterocycles. The highest BCUT2D eigenvalue weighted by Gasteiger charge is 2.73. The van der Waals surface area contributed by atoms with E-state index in [0.29, 0.717) is 0 Å². The van der Waals surface area contributed by atoms with E-state index in [9.17, 15) is 0 Å². The van der Waals surface area contributed by atoms with E-state index in [1.54, 1.807) is 0 Å². The lowest BCUT2D eigenvalue weighted by Crippen LogP contribution is -2.53. The molecule has 2 aliphatic rings. The molecule has 0 aliphatic carbocycles. The minimum absolute atomic E-state index is 0.0620. The maximum absolute atomic E-state index is 4.34. The molecule has 0 bridgehead atoms. The Kier molecular flexibility index (Phi) is 7.00. The third-order valence-corrected chi connectivity index (χ3v) is 11.5. The van der Waals surface area contributed by atoms with Gasteiger partial charge in [0.1, 0.15) is 11.1 Å². The Morgan fingerprint density at radius 2 is 0.683 bits per heavy atom. The first-order valence-corrected chi connectivity index (χ1v) is 16.6. The van der Waals surface area contributed by atoms with Crippen LogP contribution in [-0.2, 0) is 11.1 Å². The van der Waals surface area contributed by atoms with Gasteiger partial charge in [0.15, 0.2) is 0 Å². The van der Waals surface area contributed by atoms with Gasteiger partial charge in [-0.3, -0.25) is 0 Å². The van der Waals surface area contributed by atoms with Crippen LogP contribution in [0.1, 0.15) is 63.8 Å². The molecule has 5 heteroatoms. The summed E-state index contributed by atoms with van der Waals surface area (Å²) in [6.45, 7) is 14.1. The fourth-order valence-corrected chi connectivity index (χ4v) is 11.3. The van der Waals surface area contributed by atoms with Gasteiger partial charge < -0.3 is 0 Å². The minimum atomic E-state index is -2.41. The summed E-state index contributed by atoms with van der Waals surface area (Å²) >= 11 is 0. The molecule has 2 saturated heterocycles. The van der Waals surface area contributed by atoms with Gasteiger partial charge in [-0.25, -0.2) is 0 Å². The molecular weight excluding hydrogens is 519 g/mol. The Hall–Kier alpha value is -2.85. The highest BCUT2D eigenvalue weighted by atomic mass is 31.2. The molecular formula is C36H44N4P+. The van der Waals surface area contributed by atoms with E-state index < -0.39 is 18.9 Å². The lowest BCUT2D eigenvalue weighted by molar-refractivity contribution is 0.223. The normalized spacial score (nSPS) is 23.1. The molecule has 3 atom stereocenters. The largest absolute Gasteiger partial charge is 0.301 e. The van der Waals surface area contributed by atoms with Crippen LogP contribution in [-0.4, -0.2) is 12.1 Å². The topological polar surface area (TPSA) is 48.1 Å². The third-order valence-electron chi connectivity index (χ3n) is 8.85. The fourth-order valence-electron chi connectivity index (χ4n) is 7.18. The van der Waals surface area contributed by atoms with Gasteiger partial charge in [-0.2, -0.15) is 0 Å². The second kappa shape index (κ2) is 10.2. The van der Waals surface area contributed by atoms with Gasteiger partial charge in [0.05, 0.1) is 12.1 Å². The fraction of sp³-hybridized carbons (Fsp3) is 0.333. The van der Waals surface area contributed by atoms with Gasteiger partial charge in [-0.05, 0) is 33.1 Å². The molecule has 0 radical (unpaired) electrons. The first kappa shape index (κ1) is 28.3. The lowest BCUT2D eigenvalue weighted by Gasteiger charge is -2.39. The predicted octanol–water partition coefficient (Wildman–Crippen LogP) is 7.77. The molecule has 41 heavy (non-hydrogen) atoms. The highest BCUT2D eigenvalue weighted by molar-refractivity contribution is 7.69. The van der Waals surface area contributed by atoms with Crippen molar-refractivity contribution >= 4 is 7.87 Å². The summed E-state index contributed by atoms with van der Waals surface area (Å²) in [7, 11) is -2.41. The summed E-state index contributed by atoms with van der Waals surface area (Å²) in [5.41, 5.74) is 4.03. The summed E-state index contributed by atoms with van der Waals surface area (Å²) < 4.78 is 0. The van der Waals surface area contributed by atoms with Crippen LogP contribution in [0.3, 0.4) is 0 Å². The van der Waals surface area contributed by atoms with Crippen LogP contribution in [0.25, 0.3) is 0 Å². The molecule has 2 heterocycles. The lowest BCUT2D eigenvalue weighted by atomic mass is 9.68. The van der Waals surface area contributed by atoms with Crippen molar-refractivity contribution < 1.29 is 0 Å². The molecule has 6 rings (SSSR count). The van der Waals surface area contributed by atoms with Gasteiger partial charge in [0, 0.05) is 0 Å². The van der Waals surface area contributed by atoms with Crippen molar-refractivity contribution in [1.82, 2.24) is 20.3 Å². The van der Waals surface area contributed by atoms with E-state index in [-0.39, 0.29) is 22.9 Å².